The summed E-state index contributed by atoms with van der Waals surface area (Å²) in [5, 5.41) is 0.775. The first-order chi connectivity index (χ1) is 18.5. The van der Waals surface area contributed by atoms with Gasteiger partial charge in [-0.05, 0) is 55.0 Å². The van der Waals surface area contributed by atoms with Crippen molar-refractivity contribution < 1.29 is 23.8 Å². The molecule has 7 nitrogen and oxygen atoms in total. The quantitative estimate of drug-likeness (QED) is 0.341. The zero-order valence-corrected chi connectivity index (χ0v) is 21.6. The summed E-state index contributed by atoms with van der Waals surface area (Å²) >= 11 is 0. The molecule has 0 bridgehead atoms. The summed E-state index contributed by atoms with van der Waals surface area (Å²) < 4.78 is 18.4. The second kappa shape index (κ2) is 9.17. The van der Waals surface area contributed by atoms with Crippen molar-refractivity contribution in [3.05, 3.63) is 97.8 Å². The number of rotatable bonds is 5. The molecule has 6 rings (SSSR count). The van der Waals surface area contributed by atoms with E-state index in [1.807, 2.05) is 36.4 Å². The molecule has 0 radical (unpaired) electrons. The third-order valence-electron chi connectivity index (χ3n) is 7.71. The molecule has 0 saturated heterocycles. The van der Waals surface area contributed by atoms with Gasteiger partial charge in [0, 0.05) is 10.9 Å². The van der Waals surface area contributed by atoms with Crippen LogP contribution >= 0.6 is 0 Å². The number of fused-ring (bicyclic) bond motifs is 6. The molecule has 0 unspecified atom stereocenters. The number of ketones is 2. The Hall–Kier alpha value is -4.39. The molecular formula is C31H27NO6. The van der Waals surface area contributed by atoms with Crippen LogP contribution in [-0.4, -0.2) is 37.5 Å². The maximum absolute atomic E-state index is 14.4. The average molecular weight is 510 g/mol. The number of ether oxygens (including phenoxy) is 3. The Bertz CT molecular complexity index is 1700. The van der Waals surface area contributed by atoms with E-state index in [0.717, 1.165) is 41.3 Å². The smallest absolute Gasteiger partial charge is 0.254 e. The minimum atomic E-state index is -0.402. The number of pyridine rings is 1. The standard InChI is InChI=1S/C31H27NO6/c1-36-21-13-14-22(37-2)25-24(21)29(33)26-23(38-3)15-20-18-11-7-8-12-19(18)31(35)32(28(20)27(26)30(25)34)16-17-9-5-4-6-10-17/h4-6,9-10,13-15H,7-8,11-12,16H2,1-3H3. The van der Waals surface area contributed by atoms with Crippen LogP contribution in [-0.2, 0) is 19.4 Å². The Labute approximate surface area is 219 Å². The molecule has 3 aromatic carbocycles. The summed E-state index contributed by atoms with van der Waals surface area (Å²) in [5.41, 5.74) is 3.56. The van der Waals surface area contributed by atoms with Crippen molar-refractivity contribution in [3.8, 4) is 17.2 Å². The van der Waals surface area contributed by atoms with E-state index in [-0.39, 0.29) is 45.9 Å². The highest BCUT2D eigenvalue weighted by molar-refractivity contribution is 6.34. The molecule has 2 aliphatic rings. The van der Waals surface area contributed by atoms with Gasteiger partial charge in [0.2, 0.25) is 11.6 Å². The molecule has 0 fully saturated rings. The number of carbonyl (C=O) groups excluding carboxylic acids is 2. The summed E-state index contributed by atoms with van der Waals surface area (Å²) in [7, 11) is 4.40. The first-order valence-electron chi connectivity index (χ1n) is 12.7. The Kier molecular flexibility index (Phi) is 5.79. The molecule has 1 heterocycles. The molecule has 0 saturated carbocycles. The van der Waals surface area contributed by atoms with Crippen LogP contribution in [0.5, 0.6) is 17.2 Å². The molecular weight excluding hydrogens is 482 g/mol. The Balaban J connectivity index is 1.78. The predicted octanol–water partition coefficient (Wildman–Crippen LogP) is 4.73. The van der Waals surface area contributed by atoms with E-state index < -0.39 is 11.6 Å². The number of aromatic nitrogens is 1. The third-order valence-corrected chi connectivity index (χ3v) is 7.71. The van der Waals surface area contributed by atoms with E-state index in [1.54, 1.807) is 16.7 Å². The van der Waals surface area contributed by atoms with E-state index in [1.165, 1.54) is 21.3 Å². The van der Waals surface area contributed by atoms with Crippen LogP contribution in [0, 0.1) is 0 Å². The highest BCUT2D eigenvalue weighted by Gasteiger charge is 2.40. The minimum absolute atomic E-state index is 0.118. The van der Waals surface area contributed by atoms with Crippen LogP contribution in [0.4, 0.5) is 0 Å². The molecule has 0 atom stereocenters. The zero-order chi connectivity index (χ0) is 26.6. The maximum atomic E-state index is 14.4. The highest BCUT2D eigenvalue weighted by Crippen LogP contribution is 2.45. The van der Waals surface area contributed by atoms with Crippen LogP contribution in [0.15, 0.2) is 53.3 Å². The number of carbonyl (C=O) groups is 2. The lowest BCUT2D eigenvalue weighted by atomic mass is 9.79. The van der Waals surface area contributed by atoms with E-state index in [2.05, 4.69) is 0 Å². The Morgan fingerprint density at radius 2 is 1.24 bits per heavy atom. The fourth-order valence-corrected chi connectivity index (χ4v) is 5.99. The van der Waals surface area contributed by atoms with Crippen LogP contribution in [0.25, 0.3) is 10.9 Å². The molecule has 0 N–H and O–H groups in total. The average Bonchev–Trinajstić information content (AvgIpc) is 2.96. The number of benzene rings is 3. The van der Waals surface area contributed by atoms with Crippen molar-refractivity contribution in [1.29, 1.82) is 0 Å². The second-order valence-corrected chi connectivity index (χ2v) is 9.64. The summed E-state index contributed by atoms with van der Waals surface area (Å²) in [4.78, 5) is 42.5. The van der Waals surface area contributed by atoms with Crippen molar-refractivity contribution in [2.45, 2.75) is 32.2 Å². The van der Waals surface area contributed by atoms with Crippen molar-refractivity contribution in [3.63, 3.8) is 0 Å². The molecule has 192 valence electrons. The predicted molar refractivity (Wildman–Crippen MR) is 143 cm³/mol. The van der Waals surface area contributed by atoms with E-state index in [4.69, 9.17) is 14.2 Å². The summed E-state index contributed by atoms with van der Waals surface area (Å²) in [5.74, 6) is 0.0561. The van der Waals surface area contributed by atoms with Crippen molar-refractivity contribution in [2.75, 3.05) is 21.3 Å². The maximum Gasteiger partial charge on any atom is 0.254 e. The van der Waals surface area contributed by atoms with Gasteiger partial charge in [-0.3, -0.25) is 14.4 Å². The normalized spacial score (nSPS) is 14.1. The van der Waals surface area contributed by atoms with Gasteiger partial charge in [0.25, 0.3) is 5.56 Å². The third kappa shape index (κ3) is 3.38. The van der Waals surface area contributed by atoms with E-state index in [0.29, 0.717) is 17.7 Å². The lowest BCUT2D eigenvalue weighted by Crippen LogP contribution is -2.31. The first kappa shape index (κ1) is 24.0. The van der Waals surface area contributed by atoms with Crippen LogP contribution in [0.1, 0.15) is 61.4 Å². The van der Waals surface area contributed by atoms with Gasteiger partial charge in [-0.25, -0.2) is 0 Å². The van der Waals surface area contributed by atoms with Crippen molar-refractivity contribution in [1.82, 2.24) is 4.57 Å². The molecule has 0 aliphatic heterocycles. The molecule has 4 aromatic rings. The number of hydrogen-bond acceptors (Lipinski definition) is 6. The van der Waals surface area contributed by atoms with Crippen molar-refractivity contribution in [2.24, 2.45) is 0 Å². The summed E-state index contributed by atoms with van der Waals surface area (Å²) in [6.45, 7) is 0.270. The van der Waals surface area contributed by atoms with E-state index >= 15 is 0 Å². The molecule has 2 aliphatic carbocycles. The second-order valence-electron chi connectivity index (χ2n) is 9.64. The summed E-state index contributed by atoms with van der Waals surface area (Å²) in [6, 6.07) is 14.7. The van der Waals surface area contributed by atoms with Crippen LogP contribution < -0.4 is 19.8 Å². The minimum Gasteiger partial charge on any atom is -0.496 e. The number of hydrogen-bond donors (Lipinski definition) is 0. The van der Waals surface area contributed by atoms with Gasteiger partial charge in [0.15, 0.2) is 0 Å². The van der Waals surface area contributed by atoms with Gasteiger partial charge in [-0.15, -0.1) is 0 Å². The number of methoxy groups -OCH3 is 3. The zero-order valence-electron chi connectivity index (χ0n) is 21.6. The largest absolute Gasteiger partial charge is 0.496 e. The molecule has 38 heavy (non-hydrogen) atoms. The lowest BCUT2D eigenvalue weighted by molar-refractivity contribution is 0.0972. The summed E-state index contributed by atoms with van der Waals surface area (Å²) in [6.07, 6.45) is 3.29. The molecule has 7 heteroatoms. The molecule has 0 amide bonds. The lowest BCUT2D eigenvalue weighted by Gasteiger charge is -2.28. The van der Waals surface area contributed by atoms with Gasteiger partial charge < -0.3 is 18.8 Å². The van der Waals surface area contributed by atoms with Gasteiger partial charge >= 0.3 is 0 Å². The van der Waals surface area contributed by atoms with Gasteiger partial charge in [0.1, 0.15) is 17.2 Å². The fraction of sp³-hybridized carbons (Fsp3) is 0.258. The SMILES string of the molecule is COc1ccc(OC)c2c1C(=O)c1c(OC)cc3c4c(c(=O)n(Cc5ccccc5)c3c1C2=O)CCCC4. The fourth-order valence-electron chi connectivity index (χ4n) is 5.99. The monoisotopic (exact) mass is 509 g/mol. The van der Waals surface area contributed by atoms with Gasteiger partial charge in [-0.2, -0.15) is 0 Å². The highest BCUT2D eigenvalue weighted by atomic mass is 16.5. The molecule has 0 spiro atoms. The van der Waals surface area contributed by atoms with E-state index in [9.17, 15) is 14.4 Å². The molecule has 1 aromatic heterocycles. The number of aryl methyl sites for hydroxylation is 1. The van der Waals surface area contributed by atoms with Crippen LogP contribution in [0.2, 0.25) is 0 Å². The van der Waals surface area contributed by atoms with Crippen LogP contribution in [0.3, 0.4) is 0 Å². The number of nitrogens with zero attached hydrogens (tertiary/aromatic N) is 1. The first-order valence-corrected chi connectivity index (χ1v) is 12.7. The van der Waals surface area contributed by atoms with Gasteiger partial charge in [-0.1, -0.05) is 30.3 Å². The van der Waals surface area contributed by atoms with Gasteiger partial charge in [0.05, 0.1) is 55.6 Å². The Morgan fingerprint density at radius 1 is 0.684 bits per heavy atom. The topological polar surface area (TPSA) is 83.8 Å². The van der Waals surface area contributed by atoms with Crippen molar-refractivity contribution >= 4 is 22.5 Å². The Morgan fingerprint density at radius 3 is 1.84 bits per heavy atom.